The first-order chi connectivity index (χ1) is 13.3. The fourth-order valence-electron chi connectivity index (χ4n) is 3.18. The number of pyridine rings is 1. The molecule has 0 fully saturated rings. The molecule has 1 N–H and O–H groups in total. The van der Waals surface area contributed by atoms with Gasteiger partial charge < -0.3 is 14.8 Å². The first-order valence-electron chi connectivity index (χ1n) is 8.69. The molecule has 1 aliphatic heterocycles. The van der Waals surface area contributed by atoms with Crippen LogP contribution in [0.5, 0.6) is 17.4 Å². The molecule has 0 amide bonds. The standard InChI is InChI=1S/C19H19N5O4/c1-19(2)11-27-14-5-4-6-15(17(14)19)28-16-8-7-12(9-20-16)21-18-13(24(25)26)10-23(3)22-18/h4-10H,11H2,1-3H3,(H,21,22). The minimum Gasteiger partial charge on any atom is -0.492 e. The minimum atomic E-state index is -0.486. The van der Waals surface area contributed by atoms with E-state index in [-0.39, 0.29) is 16.9 Å². The van der Waals surface area contributed by atoms with Gasteiger partial charge in [-0.2, -0.15) is 0 Å². The molecule has 9 heteroatoms. The fourth-order valence-corrected chi connectivity index (χ4v) is 3.18. The molecule has 0 aliphatic carbocycles. The average Bonchev–Trinajstić information content (AvgIpc) is 3.17. The van der Waals surface area contributed by atoms with Crippen molar-refractivity contribution in [2.24, 2.45) is 7.05 Å². The molecule has 4 rings (SSSR count). The third kappa shape index (κ3) is 3.22. The molecule has 0 radical (unpaired) electrons. The van der Waals surface area contributed by atoms with E-state index in [2.05, 4.69) is 29.2 Å². The highest BCUT2D eigenvalue weighted by atomic mass is 16.6. The molecule has 3 aromatic rings. The lowest BCUT2D eigenvalue weighted by molar-refractivity contribution is -0.384. The number of ether oxygens (including phenoxy) is 2. The highest BCUT2D eigenvalue weighted by Crippen LogP contribution is 2.45. The van der Waals surface area contributed by atoms with Crippen LogP contribution in [-0.2, 0) is 12.5 Å². The van der Waals surface area contributed by atoms with Crippen LogP contribution in [0, 0.1) is 10.1 Å². The van der Waals surface area contributed by atoms with E-state index in [1.807, 2.05) is 18.2 Å². The number of nitro groups is 1. The van der Waals surface area contributed by atoms with E-state index in [4.69, 9.17) is 9.47 Å². The number of hydrogen-bond acceptors (Lipinski definition) is 7. The lowest BCUT2D eigenvalue weighted by Gasteiger charge is -2.18. The van der Waals surface area contributed by atoms with Gasteiger partial charge in [0, 0.05) is 24.1 Å². The number of nitrogens with zero attached hydrogens (tertiary/aromatic N) is 4. The van der Waals surface area contributed by atoms with Crippen molar-refractivity contribution in [1.82, 2.24) is 14.8 Å². The Balaban J connectivity index is 1.54. The van der Waals surface area contributed by atoms with Crippen molar-refractivity contribution < 1.29 is 14.4 Å². The van der Waals surface area contributed by atoms with Crippen molar-refractivity contribution in [3.05, 3.63) is 58.4 Å². The monoisotopic (exact) mass is 381 g/mol. The Morgan fingerprint density at radius 2 is 2.14 bits per heavy atom. The number of anilines is 2. The van der Waals surface area contributed by atoms with Gasteiger partial charge in [0.1, 0.15) is 17.7 Å². The van der Waals surface area contributed by atoms with Crippen molar-refractivity contribution in [2.75, 3.05) is 11.9 Å². The molecule has 2 aromatic heterocycles. The molecule has 0 spiro atoms. The van der Waals surface area contributed by atoms with Crippen LogP contribution in [0.2, 0.25) is 0 Å². The molecule has 0 saturated heterocycles. The second-order valence-electron chi connectivity index (χ2n) is 7.21. The number of rotatable bonds is 5. The maximum absolute atomic E-state index is 11.1. The van der Waals surface area contributed by atoms with Crippen molar-refractivity contribution in [1.29, 1.82) is 0 Å². The van der Waals surface area contributed by atoms with E-state index in [9.17, 15) is 10.1 Å². The van der Waals surface area contributed by atoms with Crippen molar-refractivity contribution in [3.63, 3.8) is 0 Å². The lowest BCUT2D eigenvalue weighted by Crippen LogP contribution is -2.19. The Bertz CT molecular complexity index is 1040. The Kier molecular flexibility index (Phi) is 4.14. The van der Waals surface area contributed by atoms with Crippen LogP contribution in [-0.4, -0.2) is 26.3 Å². The molecule has 28 heavy (non-hydrogen) atoms. The first kappa shape index (κ1) is 17.8. The predicted octanol–water partition coefficient (Wildman–Crippen LogP) is 3.93. The van der Waals surface area contributed by atoms with Gasteiger partial charge >= 0.3 is 5.69 Å². The summed E-state index contributed by atoms with van der Waals surface area (Å²) in [6, 6.07) is 9.12. The van der Waals surface area contributed by atoms with Gasteiger partial charge in [0.2, 0.25) is 11.7 Å². The molecule has 0 atom stereocenters. The summed E-state index contributed by atoms with van der Waals surface area (Å²) < 4.78 is 13.1. The Morgan fingerprint density at radius 1 is 1.32 bits per heavy atom. The molecule has 0 bridgehead atoms. The summed E-state index contributed by atoms with van der Waals surface area (Å²) in [5, 5.41) is 18.1. The van der Waals surface area contributed by atoms with Crippen molar-refractivity contribution in [2.45, 2.75) is 19.3 Å². The van der Waals surface area contributed by atoms with E-state index >= 15 is 0 Å². The van der Waals surface area contributed by atoms with Crippen molar-refractivity contribution >= 4 is 17.2 Å². The number of nitrogens with one attached hydrogen (secondary N) is 1. The molecular formula is C19H19N5O4. The zero-order chi connectivity index (χ0) is 19.9. The molecule has 0 unspecified atom stereocenters. The van der Waals surface area contributed by atoms with Crippen LogP contribution in [0.25, 0.3) is 0 Å². The van der Waals surface area contributed by atoms with Crippen LogP contribution < -0.4 is 14.8 Å². The summed E-state index contributed by atoms with van der Waals surface area (Å²) in [7, 11) is 1.62. The Hall–Kier alpha value is -3.62. The average molecular weight is 381 g/mol. The lowest BCUT2D eigenvalue weighted by atomic mass is 9.86. The van der Waals surface area contributed by atoms with Gasteiger partial charge in [-0.25, -0.2) is 4.98 Å². The number of benzene rings is 1. The highest BCUT2D eigenvalue weighted by molar-refractivity contribution is 5.64. The molecule has 1 aromatic carbocycles. The van der Waals surface area contributed by atoms with E-state index in [1.165, 1.54) is 10.9 Å². The molecule has 1 aliphatic rings. The summed E-state index contributed by atoms with van der Waals surface area (Å²) in [5.41, 5.74) is 1.33. The molecule has 144 valence electrons. The number of aryl methyl sites for hydroxylation is 1. The summed E-state index contributed by atoms with van der Waals surface area (Å²) in [5.74, 6) is 2.09. The fraction of sp³-hybridized carbons (Fsp3) is 0.263. The Labute approximate surface area is 161 Å². The molecular weight excluding hydrogens is 362 g/mol. The second kappa shape index (κ2) is 6.52. The molecule has 3 heterocycles. The van der Waals surface area contributed by atoms with E-state index in [0.29, 0.717) is 23.9 Å². The zero-order valence-corrected chi connectivity index (χ0v) is 15.7. The highest BCUT2D eigenvalue weighted by Gasteiger charge is 2.35. The SMILES string of the molecule is Cn1cc([N+](=O)[O-])c(Nc2ccc(Oc3cccc4c3C(C)(C)CO4)nc2)n1. The zero-order valence-electron chi connectivity index (χ0n) is 15.7. The van der Waals surface area contributed by atoms with Gasteiger partial charge in [-0.3, -0.25) is 14.8 Å². The van der Waals surface area contributed by atoms with E-state index < -0.39 is 4.92 Å². The van der Waals surface area contributed by atoms with Gasteiger partial charge in [-0.1, -0.05) is 19.9 Å². The van der Waals surface area contributed by atoms with Gasteiger partial charge in [0.05, 0.1) is 23.4 Å². The Morgan fingerprint density at radius 3 is 2.86 bits per heavy atom. The summed E-state index contributed by atoms with van der Waals surface area (Å²) >= 11 is 0. The first-order valence-corrected chi connectivity index (χ1v) is 8.69. The number of aromatic nitrogens is 3. The summed E-state index contributed by atoms with van der Waals surface area (Å²) in [4.78, 5) is 14.9. The van der Waals surface area contributed by atoms with Gasteiger partial charge in [-0.05, 0) is 18.2 Å². The smallest absolute Gasteiger partial charge is 0.331 e. The van der Waals surface area contributed by atoms with Crippen LogP contribution in [0.3, 0.4) is 0 Å². The summed E-state index contributed by atoms with van der Waals surface area (Å²) in [6.45, 7) is 4.81. The maximum atomic E-state index is 11.1. The van der Waals surface area contributed by atoms with Crippen LogP contribution >= 0.6 is 0 Å². The van der Waals surface area contributed by atoms with Crippen molar-refractivity contribution in [3.8, 4) is 17.4 Å². The number of hydrogen-bond donors (Lipinski definition) is 1. The van der Waals surface area contributed by atoms with E-state index in [0.717, 1.165) is 11.3 Å². The van der Waals surface area contributed by atoms with Gasteiger partial charge in [0.15, 0.2) is 0 Å². The number of fused-ring (bicyclic) bond motifs is 1. The third-order valence-electron chi connectivity index (χ3n) is 4.47. The molecule has 9 nitrogen and oxygen atoms in total. The minimum absolute atomic E-state index is 0.107. The predicted molar refractivity (Wildman–Crippen MR) is 102 cm³/mol. The van der Waals surface area contributed by atoms with E-state index in [1.54, 1.807) is 25.4 Å². The van der Waals surface area contributed by atoms with Gasteiger partial charge in [0.25, 0.3) is 0 Å². The van der Waals surface area contributed by atoms with Crippen LogP contribution in [0.1, 0.15) is 19.4 Å². The largest absolute Gasteiger partial charge is 0.492 e. The van der Waals surface area contributed by atoms with Crippen LogP contribution in [0.15, 0.2) is 42.7 Å². The second-order valence-corrected chi connectivity index (χ2v) is 7.21. The molecule has 0 saturated carbocycles. The van der Waals surface area contributed by atoms with Crippen LogP contribution in [0.4, 0.5) is 17.2 Å². The third-order valence-corrected chi connectivity index (χ3v) is 4.47. The summed E-state index contributed by atoms with van der Waals surface area (Å²) in [6.07, 6.45) is 2.88. The normalized spacial score (nSPS) is 14.2. The maximum Gasteiger partial charge on any atom is 0.331 e. The topological polar surface area (TPSA) is 104 Å². The quantitative estimate of drug-likeness (QED) is 0.527. The van der Waals surface area contributed by atoms with Gasteiger partial charge in [-0.15, -0.1) is 5.10 Å².